The van der Waals surface area contributed by atoms with E-state index >= 15 is 0 Å². The van der Waals surface area contributed by atoms with E-state index in [-0.39, 0.29) is 5.91 Å². The van der Waals surface area contributed by atoms with Crippen LogP contribution in [0.3, 0.4) is 0 Å². The zero-order chi connectivity index (χ0) is 15.2. The van der Waals surface area contributed by atoms with E-state index in [9.17, 15) is 14.7 Å². The van der Waals surface area contributed by atoms with Crippen molar-refractivity contribution in [1.29, 1.82) is 0 Å². The number of piperidine rings is 1. The molecule has 1 saturated carbocycles. The van der Waals surface area contributed by atoms with Crippen molar-refractivity contribution in [3.8, 4) is 0 Å². The minimum atomic E-state index is -1.12. The Bertz CT molecular complexity index is 594. The number of hydrogen-bond acceptors (Lipinski definition) is 2. The molecule has 1 aliphatic carbocycles. The Hall–Kier alpha value is -1.49. The number of nitrogens with zero attached hydrogens (tertiary/aromatic N) is 2. The van der Waals surface area contributed by atoms with Gasteiger partial charge < -0.3 is 14.6 Å². The first-order valence-electron chi connectivity index (χ1n) is 7.36. The summed E-state index contributed by atoms with van der Waals surface area (Å²) in [6.07, 6.45) is 6.02. The number of aromatic nitrogens is 1. The van der Waals surface area contributed by atoms with Gasteiger partial charge in [-0.1, -0.05) is 11.6 Å². The normalized spacial score (nSPS) is 25.9. The number of rotatable bonds is 3. The van der Waals surface area contributed by atoms with Gasteiger partial charge in [0.15, 0.2) is 0 Å². The summed E-state index contributed by atoms with van der Waals surface area (Å²) in [7, 11) is 0. The summed E-state index contributed by atoms with van der Waals surface area (Å²) < 4.78 is 1.90. The molecule has 1 aliphatic heterocycles. The molecule has 2 fully saturated rings. The third kappa shape index (κ3) is 2.44. The zero-order valence-electron chi connectivity index (χ0n) is 12.0. The highest BCUT2D eigenvalue weighted by Gasteiger charge is 2.45. The van der Waals surface area contributed by atoms with Crippen molar-refractivity contribution >= 4 is 23.5 Å². The standard InChI is InChI=1S/C15H19ClN2O3/c1-15(14(20)21)6-2-3-7-18(15)13(19)12-8-10(16)9-17(12)11-4-5-11/h8-9,11H,2-7H2,1H3,(H,20,21). The van der Waals surface area contributed by atoms with E-state index in [0.717, 1.165) is 25.7 Å². The maximum atomic E-state index is 12.9. The highest BCUT2D eigenvalue weighted by atomic mass is 35.5. The largest absolute Gasteiger partial charge is 0.480 e. The van der Waals surface area contributed by atoms with Crippen LogP contribution in [0.15, 0.2) is 12.3 Å². The SMILES string of the molecule is CC1(C(=O)O)CCCCN1C(=O)c1cc(Cl)cn1C1CC1. The number of carboxylic acids is 1. The molecule has 1 N–H and O–H groups in total. The molecule has 6 heteroatoms. The van der Waals surface area contributed by atoms with E-state index in [0.29, 0.717) is 29.7 Å². The highest BCUT2D eigenvalue weighted by Crippen LogP contribution is 2.38. The lowest BCUT2D eigenvalue weighted by Crippen LogP contribution is -2.57. The van der Waals surface area contributed by atoms with Gasteiger partial charge in [-0.25, -0.2) is 4.79 Å². The first-order chi connectivity index (χ1) is 9.93. The smallest absolute Gasteiger partial charge is 0.329 e. The lowest BCUT2D eigenvalue weighted by atomic mass is 9.88. The molecule has 2 aliphatic rings. The number of carboxylic acid groups (broad SMARTS) is 1. The molecule has 2 heterocycles. The Labute approximate surface area is 128 Å². The van der Waals surface area contributed by atoms with Gasteiger partial charge in [0.2, 0.25) is 0 Å². The number of carbonyl (C=O) groups excluding carboxylic acids is 1. The third-order valence-electron chi connectivity index (χ3n) is 4.57. The minimum Gasteiger partial charge on any atom is -0.480 e. The van der Waals surface area contributed by atoms with Crippen LogP contribution in [0.25, 0.3) is 0 Å². The molecular formula is C15H19ClN2O3. The number of likely N-dealkylation sites (tertiary alicyclic amines) is 1. The summed E-state index contributed by atoms with van der Waals surface area (Å²) in [4.78, 5) is 26.0. The van der Waals surface area contributed by atoms with Gasteiger partial charge in [-0.3, -0.25) is 4.79 Å². The van der Waals surface area contributed by atoms with Gasteiger partial charge in [-0.2, -0.15) is 0 Å². The van der Waals surface area contributed by atoms with Crippen LogP contribution in [0.4, 0.5) is 0 Å². The second-order valence-electron chi connectivity index (χ2n) is 6.17. The molecule has 0 radical (unpaired) electrons. The van der Waals surface area contributed by atoms with Crippen molar-refractivity contribution < 1.29 is 14.7 Å². The van der Waals surface area contributed by atoms with Gasteiger partial charge in [-0.15, -0.1) is 0 Å². The zero-order valence-corrected chi connectivity index (χ0v) is 12.8. The van der Waals surface area contributed by atoms with Gasteiger partial charge in [0.05, 0.1) is 5.02 Å². The van der Waals surface area contributed by atoms with Gasteiger partial charge in [0, 0.05) is 18.8 Å². The van der Waals surface area contributed by atoms with Crippen LogP contribution < -0.4 is 0 Å². The average Bonchev–Trinajstić information content (AvgIpc) is 3.21. The summed E-state index contributed by atoms with van der Waals surface area (Å²) in [5, 5.41) is 10.1. The van der Waals surface area contributed by atoms with Crippen LogP contribution in [0.1, 0.15) is 55.6 Å². The lowest BCUT2D eigenvalue weighted by molar-refractivity contribution is -0.150. The molecule has 1 amide bonds. The summed E-state index contributed by atoms with van der Waals surface area (Å²) in [6.45, 7) is 2.12. The Morgan fingerprint density at radius 2 is 2.10 bits per heavy atom. The van der Waals surface area contributed by atoms with E-state index < -0.39 is 11.5 Å². The fourth-order valence-corrected chi connectivity index (χ4v) is 3.29. The van der Waals surface area contributed by atoms with Crippen LogP contribution in [0.2, 0.25) is 5.02 Å². The fraction of sp³-hybridized carbons (Fsp3) is 0.600. The molecule has 3 rings (SSSR count). The third-order valence-corrected chi connectivity index (χ3v) is 4.78. The molecule has 1 aromatic rings. The number of carbonyl (C=O) groups is 2. The lowest BCUT2D eigenvalue weighted by Gasteiger charge is -2.41. The maximum Gasteiger partial charge on any atom is 0.329 e. The van der Waals surface area contributed by atoms with Crippen molar-refractivity contribution in [3.05, 3.63) is 23.0 Å². The number of amides is 1. The van der Waals surface area contributed by atoms with E-state index in [1.165, 1.54) is 4.90 Å². The van der Waals surface area contributed by atoms with E-state index in [2.05, 4.69) is 0 Å². The Morgan fingerprint density at radius 3 is 2.71 bits per heavy atom. The van der Waals surface area contributed by atoms with Crippen LogP contribution in [0.5, 0.6) is 0 Å². The maximum absolute atomic E-state index is 12.9. The van der Waals surface area contributed by atoms with Gasteiger partial charge in [0.1, 0.15) is 11.2 Å². The molecule has 0 aromatic carbocycles. The van der Waals surface area contributed by atoms with Crippen molar-refractivity contribution in [2.75, 3.05) is 6.54 Å². The monoisotopic (exact) mass is 310 g/mol. The molecule has 0 bridgehead atoms. The van der Waals surface area contributed by atoms with Crippen molar-refractivity contribution in [2.24, 2.45) is 0 Å². The molecule has 1 saturated heterocycles. The van der Waals surface area contributed by atoms with E-state index in [4.69, 9.17) is 11.6 Å². The summed E-state index contributed by atoms with van der Waals surface area (Å²) >= 11 is 6.05. The number of aliphatic carboxylic acids is 1. The van der Waals surface area contributed by atoms with Crippen LogP contribution in [-0.4, -0.2) is 38.5 Å². The van der Waals surface area contributed by atoms with Gasteiger partial charge in [-0.05, 0) is 45.1 Å². The fourth-order valence-electron chi connectivity index (χ4n) is 3.08. The van der Waals surface area contributed by atoms with E-state index in [1.807, 2.05) is 4.57 Å². The summed E-state index contributed by atoms with van der Waals surface area (Å²) in [5.74, 6) is -1.16. The highest BCUT2D eigenvalue weighted by molar-refractivity contribution is 6.31. The Morgan fingerprint density at radius 1 is 1.38 bits per heavy atom. The van der Waals surface area contributed by atoms with Crippen LogP contribution in [0, 0.1) is 0 Å². The molecular weight excluding hydrogens is 292 g/mol. The van der Waals surface area contributed by atoms with Crippen LogP contribution >= 0.6 is 11.6 Å². The summed E-state index contributed by atoms with van der Waals surface area (Å²) in [5.41, 5.74) is -0.614. The van der Waals surface area contributed by atoms with Gasteiger partial charge >= 0.3 is 5.97 Å². The molecule has 114 valence electrons. The van der Waals surface area contributed by atoms with Crippen LogP contribution in [-0.2, 0) is 4.79 Å². The molecule has 0 spiro atoms. The molecule has 1 unspecified atom stereocenters. The molecule has 1 atom stereocenters. The van der Waals surface area contributed by atoms with Crippen molar-refractivity contribution in [3.63, 3.8) is 0 Å². The molecule has 21 heavy (non-hydrogen) atoms. The predicted molar refractivity (Wildman–Crippen MR) is 78.6 cm³/mol. The van der Waals surface area contributed by atoms with Gasteiger partial charge in [0.25, 0.3) is 5.91 Å². The van der Waals surface area contributed by atoms with E-state index in [1.54, 1.807) is 19.2 Å². The number of hydrogen-bond donors (Lipinski definition) is 1. The topological polar surface area (TPSA) is 62.5 Å². The Kier molecular flexibility index (Phi) is 3.48. The second kappa shape index (κ2) is 5.05. The molecule has 1 aromatic heterocycles. The average molecular weight is 311 g/mol. The quantitative estimate of drug-likeness (QED) is 0.933. The summed E-state index contributed by atoms with van der Waals surface area (Å²) in [6, 6.07) is 1.98. The number of halogens is 1. The molecule has 5 nitrogen and oxygen atoms in total. The second-order valence-corrected chi connectivity index (χ2v) is 6.61. The minimum absolute atomic E-state index is 0.224. The first kappa shape index (κ1) is 14.4. The predicted octanol–water partition coefficient (Wildman–Crippen LogP) is 2.95. The Balaban J connectivity index is 1.95. The van der Waals surface area contributed by atoms with Crippen molar-refractivity contribution in [1.82, 2.24) is 9.47 Å². The first-order valence-corrected chi connectivity index (χ1v) is 7.74. The van der Waals surface area contributed by atoms with Crippen molar-refractivity contribution in [2.45, 2.75) is 50.6 Å².